The van der Waals surface area contributed by atoms with E-state index in [4.69, 9.17) is 4.74 Å². The number of alkyl halides is 3. The van der Waals surface area contributed by atoms with Crippen molar-refractivity contribution in [2.75, 3.05) is 51.2 Å². The van der Waals surface area contributed by atoms with Gasteiger partial charge in [-0.2, -0.15) is 22.5 Å². The SMILES string of the molecule is COc1cc(C(=O)NC2CCCN(C)C2)c(F)cc1Nc1ncc(C(F)(F)F)c(N[C@@H]2Cc3ccccc3[C@H]2N(C)S(C)(=O)=O)n1. The number of nitrogens with zero attached hydrogens (tertiary/aromatic N) is 4. The number of sulfonamides is 1. The number of fused-ring (bicyclic) bond motifs is 1. The van der Waals surface area contributed by atoms with Gasteiger partial charge in [0.05, 0.1) is 36.7 Å². The smallest absolute Gasteiger partial charge is 0.421 e. The molecule has 11 nitrogen and oxygen atoms in total. The summed E-state index contributed by atoms with van der Waals surface area (Å²) in [5.41, 5.74) is -0.0147. The van der Waals surface area contributed by atoms with Gasteiger partial charge in [-0.15, -0.1) is 0 Å². The van der Waals surface area contributed by atoms with Crippen molar-refractivity contribution in [3.8, 4) is 5.75 Å². The van der Waals surface area contributed by atoms with Crippen LogP contribution in [0.2, 0.25) is 0 Å². The van der Waals surface area contributed by atoms with Gasteiger partial charge in [-0.3, -0.25) is 4.79 Å². The Morgan fingerprint density at radius 2 is 1.93 bits per heavy atom. The maximum absolute atomic E-state index is 15.2. The van der Waals surface area contributed by atoms with Crippen molar-refractivity contribution >= 4 is 33.4 Å². The number of halogens is 4. The van der Waals surface area contributed by atoms with Crippen LogP contribution in [0.4, 0.5) is 35.0 Å². The highest BCUT2D eigenvalue weighted by Gasteiger charge is 2.41. The summed E-state index contributed by atoms with van der Waals surface area (Å²) in [6.45, 7) is 1.54. The fourth-order valence-electron chi connectivity index (χ4n) is 5.96. The van der Waals surface area contributed by atoms with E-state index in [1.807, 2.05) is 7.05 Å². The van der Waals surface area contributed by atoms with Crippen molar-refractivity contribution < 1.29 is 35.5 Å². The van der Waals surface area contributed by atoms with Gasteiger partial charge in [-0.05, 0) is 50.0 Å². The molecule has 3 N–H and O–H groups in total. The number of likely N-dealkylation sites (tertiary alicyclic amines) is 1. The molecular weight excluding hydrogens is 630 g/mol. The van der Waals surface area contributed by atoms with E-state index in [1.165, 1.54) is 20.2 Å². The molecule has 2 heterocycles. The summed E-state index contributed by atoms with van der Waals surface area (Å²) in [6.07, 6.45) is -1.37. The van der Waals surface area contributed by atoms with Crippen molar-refractivity contribution in [1.29, 1.82) is 0 Å². The number of likely N-dealkylation sites (N-methyl/N-ethyl adjacent to an activating group) is 2. The molecule has 2 aliphatic rings. The second kappa shape index (κ2) is 13.0. The van der Waals surface area contributed by atoms with Crippen LogP contribution in [0.5, 0.6) is 5.75 Å². The minimum atomic E-state index is -4.85. The molecule has 1 fully saturated rings. The summed E-state index contributed by atoms with van der Waals surface area (Å²) in [5, 5.41) is 8.36. The van der Waals surface area contributed by atoms with E-state index in [9.17, 15) is 26.4 Å². The second-order valence-corrected chi connectivity index (χ2v) is 13.6. The van der Waals surface area contributed by atoms with Crippen molar-refractivity contribution in [1.82, 2.24) is 24.5 Å². The first-order valence-electron chi connectivity index (χ1n) is 14.5. The fourth-order valence-corrected chi connectivity index (χ4v) is 6.63. The van der Waals surface area contributed by atoms with Gasteiger partial charge < -0.3 is 25.6 Å². The van der Waals surface area contributed by atoms with E-state index in [2.05, 4.69) is 30.8 Å². The number of hydrogen-bond acceptors (Lipinski definition) is 9. The highest BCUT2D eigenvalue weighted by molar-refractivity contribution is 7.88. The van der Waals surface area contributed by atoms with Crippen LogP contribution in [0.25, 0.3) is 0 Å². The maximum Gasteiger partial charge on any atom is 0.421 e. The second-order valence-electron chi connectivity index (χ2n) is 11.6. The van der Waals surface area contributed by atoms with Gasteiger partial charge in [0.25, 0.3) is 5.91 Å². The predicted octanol–water partition coefficient (Wildman–Crippen LogP) is 4.18. The first-order chi connectivity index (χ1) is 21.7. The molecule has 0 saturated carbocycles. The van der Waals surface area contributed by atoms with Crippen LogP contribution in [0.1, 0.15) is 45.9 Å². The summed E-state index contributed by atoms with van der Waals surface area (Å²) in [6, 6.07) is 7.43. The van der Waals surface area contributed by atoms with E-state index in [-0.39, 0.29) is 35.4 Å². The summed E-state index contributed by atoms with van der Waals surface area (Å²) in [4.78, 5) is 22.9. The quantitative estimate of drug-likeness (QED) is 0.289. The third-order valence-corrected chi connectivity index (χ3v) is 9.54. The molecule has 3 aromatic rings. The molecule has 1 aromatic heterocycles. The zero-order valence-electron chi connectivity index (χ0n) is 25.7. The highest BCUT2D eigenvalue weighted by Crippen LogP contribution is 2.41. The van der Waals surface area contributed by atoms with Gasteiger partial charge in [0.2, 0.25) is 16.0 Å². The molecule has 248 valence electrons. The molecule has 46 heavy (non-hydrogen) atoms. The number of piperidine rings is 1. The molecule has 1 saturated heterocycles. The molecule has 0 spiro atoms. The average Bonchev–Trinajstić information content (AvgIpc) is 3.33. The van der Waals surface area contributed by atoms with Crippen LogP contribution in [-0.4, -0.2) is 86.1 Å². The number of anilines is 3. The van der Waals surface area contributed by atoms with Crippen LogP contribution in [0.15, 0.2) is 42.6 Å². The van der Waals surface area contributed by atoms with Gasteiger partial charge >= 0.3 is 6.18 Å². The predicted molar refractivity (Wildman–Crippen MR) is 164 cm³/mol. The molecule has 1 unspecified atom stereocenters. The fraction of sp³-hybridized carbons (Fsp3) is 0.433. The van der Waals surface area contributed by atoms with Gasteiger partial charge in [0, 0.05) is 31.9 Å². The van der Waals surface area contributed by atoms with Crippen LogP contribution in [0.3, 0.4) is 0 Å². The van der Waals surface area contributed by atoms with Gasteiger partial charge in [-0.1, -0.05) is 24.3 Å². The Hall–Kier alpha value is -4.02. The Morgan fingerprint density at radius 3 is 2.61 bits per heavy atom. The van der Waals surface area contributed by atoms with Gasteiger partial charge in [0.15, 0.2) is 0 Å². The molecule has 0 bridgehead atoms. The minimum absolute atomic E-state index is 0.0254. The van der Waals surface area contributed by atoms with E-state index in [0.29, 0.717) is 18.3 Å². The molecule has 1 aliphatic carbocycles. The lowest BCUT2D eigenvalue weighted by Crippen LogP contribution is -2.46. The van der Waals surface area contributed by atoms with Crippen molar-refractivity contribution in [2.45, 2.75) is 43.6 Å². The Kier molecular flexibility index (Phi) is 9.42. The number of hydrogen-bond donors (Lipinski definition) is 3. The van der Waals surface area contributed by atoms with Crippen LogP contribution in [0, 0.1) is 5.82 Å². The molecule has 16 heteroatoms. The van der Waals surface area contributed by atoms with E-state index >= 15 is 4.39 Å². The number of methoxy groups -OCH3 is 1. The lowest BCUT2D eigenvalue weighted by atomic mass is 10.1. The number of rotatable bonds is 9. The first-order valence-corrected chi connectivity index (χ1v) is 16.4. The molecule has 5 rings (SSSR count). The zero-order chi connectivity index (χ0) is 33.4. The standard InChI is InChI=1S/C30H35F4N7O4S/c1-40-11-7-9-18(16-40)36-28(42)20-13-25(45-3)23(14-22(20)31)38-29-35-15-21(30(32,33)34)27(39-29)37-24-12-17-8-5-6-10-19(17)26(24)41(2)46(4,43)44/h5-6,8,10,13-15,18,24,26H,7,9,11-12,16H2,1-4H3,(H,36,42)(H2,35,37,38,39)/t18?,24-,26-/m1/s1. The highest BCUT2D eigenvalue weighted by atomic mass is 32.2. The topological polar surface area (TPSA) is 129 Å². The number of benzene rings is 2. The Labute approximate surface area is 264 Å². The largest absolute Gasteiger partial charge is 0.495 e. The van der Waals surface area contributed by atoms with Crippen molar-refractivity contribution in [3.63, 3.8) is 0 Å². The summed E-state index contributed by atoms with van der Waals surface area (Å²) < 4.78 is 89.0. The monoisotopic (exact) mass is 665 g/mol. The third kappa shape index (κ3) is 7.18. The molecule has 3 atom stereocenters. The Morgan fingerprint density at radius 1 is 1.20 bits per heavy atom. The number of ether oxygens (including phenoxy) is 1. The molecule has 1 amide bonds. The van der Waals surface area contributed by atoms with Crippen molar-refractivity contribution in [3.05, 3.63) is 70.7 Å². The van der Waals surface area contributed by atoms with Gasteiger partial charge in [-0.25, -0.2) is 17.8 Å². The molecule has 0 radical (unpaired) electrons. The van der Waals surface area contributed by atoms with E-state index in [0.717, 1.165) is 41.6 Å². The lowest BCUT2D eigenvalue weighted by Gasteiger charge is -2.30. The number of aromatic nitrogens is 2. The number of nitrogens with one attached hydrogen (secondary N) is 3. The van der Waals surface area contributed by atoms with Crippen molar-refractivity contribution in [2.24, 2.45) is 0 Å². The molecule has 1 aliphatic heterocycles. The van der Waals surface area contributed by atoms with Crippen LogP contribution < -0.4 is 20.7 Å². The molecular formula is C30H35F4N7O4S. The normalized spacial score (nSPS) is 20.3. The Balaban J connectivity index is 1.44. The maximum atomic E-state index is 15.2. The van der Waals surface area contributed by atoms with Gasteiger partial charge in [0.1, 0.15) is 22.9 Å². The molecule has 2 aromatic carbocycles. The minimum Gasteiger partial charge on any atom is -0.495 e. The first kappa shape index (κ1) is 33.3. The Bertz CT molecular complexity index is 1720. The average molecular weight is 666 g/mol. The van der Waals surface area contributed by atoms with Crippen LogP contribution in [-0.2, 0) is 22.6 Å². The number of amides is 1. The summed E-state index contributed by atoms with van der Waals surface area (Å²) in [5.74, 6) is -2.38. The van der Waals surface area contributed by atoms with E-state index < -0.39 is 51.4 Å². The third-order valence-electron chi connectivity index (χ3n) is 8.27. The van der Waals surface area contributed by atoms with E-state index in [1.54, 1.807) is 24.3 Å². The summed E-state index contributed by atoms with van der Waals surface area (Å²) in [7, 11) is 0.875. The van der Waals surface area contributed by atoms with Crippen LogP contribution >= 0.6 is 0 Å². The lowest BCUT2D eigenvalue weighted by molar-refractivity contribution is -0.137. The zero-order valence-corrected chi connectivity index (χ0v) is 26.5. The number of carbonyl (C=O) groups excluding carboxylic acids is 1. The number of carbonyl (C=O) groups is 1. The summed E-state index contributed by atoms with van der Waals surface area (Å²) >= 11 is 0.